The summed E-state index contributed by atoms with van der Waals surface area (Å²) in [5.74, 6) is -0.693. The molecule has 1 fully saturated rings. The van der Waals surface area contributed by atoms with E-state index in [0.29, 0.717) is 0 Å². The van der Waals surface area contributed by atoms with E-state index in [2.05, 4.69) is 10.1 Å². The van der Waals surface area contributed by atoms with Gasteiger partial charge in [-0.25, -0.2) is 0 Å². The number of amides is 2. The van der Waals surface area contributed by atoms with E-state index >= 15 is 0 Å². The maximum atomic E-state index is 11.8. The number of nitrogens with one attached hydrogen (secondary N) is 1. The van der Waals surface area contributed by atoms with Crippen molar-refractivity contribution < 1.29 is 27.5 Å². The Labute approximate surface area is 102 Å². The SMILES string of the molecule is CC1NC(=O)CC(C)N(CCOC(F)(F)F)C1=O. The van der Waals surface area contributed by atoms with Crippen LogP contribution in [0.25, 0.3) is 0 Å². The van der Waals surface area contributed by atoms with Gasteiger partial charge in [0, 0.05) is 19.0 Å². The highest BCUT2D eigenvalue weighted by molar-refractivity contribution is 5.90. The van der Waals surface area contributed by atoms with Crippen molar-refractivity contribution in [2.75, 3.05) is 13.2 Å². The molecule has 5 nitrogen and oxygen atoms in total. The van der Waals surface area contributed by atoms with E-state index in [0.717, 1.165) is 0 Å². The lowest BCUT2D eigenvalue weighted by Crippen LogP contribution is -2.46. The quantitative estimate of drug-likeness (QED) is 0.817. The molecule has 1 aliphatic rings. The molecule has 1 heterocycles. The Bertz CT molecular complexity index is 333. The molecule has 0 aromatic carbocycles. The van der Waals surface area contributed by atoms with Crippen LogP contribution in [0.5, 0.6) is 0 Å². The molecule has 0 aromatic heterocycles. The van der Waals surface area contributed by atoms with Gasteiger partial charge >= 0.3 is 6.36 Å². The minimum absolute atomic E-state index is 0.0715. The second-order valence-corrected chi connectivity index (χ2v) is 4.17. The summed E-state index contributed by atoms with van der Waals surface area (Å²) < 4.78 is 39.1. The van der Waals surface area contributed by atoms with Gasteiger partial charge in [0.2, 0.25) is 11.8 Å². The number of carbonyl (C=O) groups is 2. The second kappa shape index (κ2) is 5.55. The Morgan fingerprint density at radius 1 is 1.39 bits per heavy atom. The van der Waals surface area contributed by atoms with Crippen molar-refractivity contribution in [2.24, 2.45) is 0 Å². The number of carbonyl (C=O) groups excluding carboxylic acids is 2. The summed E-state index contributed by atoms with van der Waals surface area (Å²) in [7, 11) is 0. The topological polar surface area (TPSA) is 58.6 Å². The van der Waals surface area contributed by atoms with Crippen LogP contribution in [-0.4, -0.2) is 48.3 Å². The monoisotopic (exact) mass is 268 g/mol. The van der Waals surface area contributed by atoms with Gasteiger partial charge in [0.1, 0.15) is 6.04 Å². The number of hydrogen-bond acceptors (Lipinski definition) is 3. The molecule has 0 bridgehead atoms. The largest absolute Gasteiger partial charge is 0.522 e. The molecule has 2 amide bonds. The zero-order chi connectivity index (χ0) is 13.9. The Balaban J connectivity index is 2.60. The molecule has 2 atom stereocenters. The first kappa shape index (κ1) is 14.7. The van der Waals surface area contributed by atoms with Gasteiger partial charge in [-0.3, -0.25) is 14.3 Å². The summed E-state index contributed by atoms with van der Waals surface area (Å²) in [4.78, 5) is 24.4. The van der Waals surface area contributed by atoms with E-state index in [1.165, 1.54) is 11.8 Å². The summed E-state index contributed by atoms with van der Waals surface area (Å²) in [6.45, 7) is 2.28. The van der Waals surface area contributed by atoms with Gasteiger partial charge in [0.05, 0.1) is 6.61 Å². The second-order valence-electron chi connectivity index (χ2n) is 4.17. The maximum Gasteiger partial charge on any atom is 0.522 e. The average Bonchev–Trinajstić information content (AvgIpc) is 2.28. The van der Waals surface area contributed by atoms with Crippen molar-refractivity contribution in [3.05, 3.63) is 0 Å². The summed E-state index contributed by atoms with van der Waals surface area (Å²) in [5, 5.41) is 2.47. The van der Waals surface area contributed by atoms with E-state index in [1.54, 1.807) is 6.92 Å². The zero-order valence-corrected chi connectivity index (χ0v) is 10.1. The standard InChI is InChI=1S/C10H15F3N2O3/c1-6-5-8(16)14-7(2)9(17)15(6)3-4-18-10(11,12)13/h6-7H,3-5H2,1-2H3,(H,14,16). The van der Waals surface area contributed by atoms with Crippen LogP contribution in [-0.2, 0) is 14.3 Å². The van der Waals surface area contributed by atoms with Crippen molar-refractivity contribution in [2.45, 2.75) is 38.7 Å². The minimum atomic E-state index is -4.71. The van der Waals surface area contributed by atoms with Crippen LogP contribution in [0.1, 0.15) is 20.3 Å². The number of rotatable bonds is 3. The number of halogens is 3. The Morgan fingerprint density at radius 3 is 2.56 bits per heavy atom. The van der Waals surface area contributed by atoms with Crippen LogP contribution >= 0.6 is 0 Å². The molecule has 1 aliphatic heterocycles. The first-order valence-corrected chi connectivity index (χ1v) is 5.51. The lowest BCUT2D eigenvalue weighted by molar-refractivity contribution is -0.325. The molecule has 0 aliphatic carbocycles. The third-order valence-corrected chi connectivity index (χ3v) is 2.64. The number of alkyl halides is 3. The molecular weight excluding hydrogens is 253 g/mol. The van der Waals surface area contributed by atoms with Crippen molar-refractivity contribution in [1.29, 1.82) is 0 Å². The first-order chi connectivity index (χ1) is 8.20. The highest BCUT2D eigenvalue weighted by atomic mass is 19.4. The molecule has 1 rings (SSSR count). The van der Waals surface area contributed by atoms with Crippen molar-refractivity contribution in [3.8, 4) is 0 Å². The number of nitrogens with zero attached hydrogens (tertiary/aromatic N) is 1. The third kappa shape index (κ3) is 4.17. The maximum absolute atomic E-state index is 11.8. The van der Waals surface area contributed by atoms with Gasteiger partial charge in [-0.05, 0) is 13.8 Å². The number of ether oxygens (including phenoxy) is 1. The fourth-order valence-corrected chi connectivity index (χ4v) is 1.80. The predicted molar refractivity (Wildman–Crippen MR) is 55.4 cm³/mol. The van der Waals surface area contributed by atoms with E-state index in [4.69, 9.17) is 0 Å². The van der Waals surface area contributed by atoms with Gasteiger partial charge in [-0.1, -0.05) is 0 Å². The van der Waals surface area contributed by atoms with Gasteiger partial charge in [0.25, 0.3) is 0 Å². The summed E-state index contributed by atoms with van der Waals surface area (Å²) in [5.41, 5.74) is 0. The molecule has 8 heteroatoms. The molecule has 1 saturated heterocycles. The van der Waals surface area contributed by atoms with E-state index in [-0.39, 0.29) is 18.9 Å². The molecule has 18 heavy (non-hydrogen) atoms. The highest BCUT2D eigenvalue weighted by Gasteiger charge is 2.33. The normalized spacial score (nSPS) is 25.9. The first-order valence-electron chi connectivity index (χ1n) is 5.51. The molecule has 2 unspecified atom stereocenters. The van der Waals surface area contributed by atoms with Crippen LogP contribution in [0.3, 0.4) is 0 Å². The van der Waals surface area contributed by atoms with Crippen LogP contribution < -0.4 is 5.32 Å². The predicted octanol–water partition coefficient (Wildman–Crippen LogP) is 0.648. The molecule has 0 saturated carbocycles. The fourth-order valence-electron chi connectivity index (χ4n) is 1.80. The number of hydrogen-bond donors (Lipinski definition) is 1. The Kier molecular flexibility index (Phi) is 4.55. The zero-order valence-electron chi connectivity index (χ0n) is 10.1. The Morgan fingerprint density at radius 2 is 2.00 bits per heavy atom. The lowest BCUT2D eigenvalue weighted by atomic mass is 10.2. The van der Waals surface area contributed by atoms with Gasteiger partial charge < -0.3 is 10.2 Å². The minimum Gasteiger partial charge on any atom is -0.345 e. The van der Waals surface area contributed by atoms with Crippen molar-refractivity contribution >= 4 is 11.8 Å². The fraction of sp³-hybridized carbons (Fsp3) is 0.800. The summed E-state index contributed by atoms with van der Waals surface area (Å²) >= 11 is 0. The van der Waals surface area contributed by atoms with Crippen LogP contribution in [0, 0.1) is 0 Å². The van der Waals surface area contributed by atoms with E-state index < -0.39 is 31.0 Å². The molecule has 0 aromatic rings. The molecule has 0 spiro atoms. The average molecular weight is 268 g/mol. The molecule has 104 valence electrons. The smallest absolute Gasteiger partial charge is 0.345 e. The highest BCUT2D eigenvalue weighted by Crippen LogP contribution is 2.17. The van der Waals surface area contributed by atoms with E-state index in [9.17, 15) is 22.8 Å². The summed E-state index contributed by atoms with van der Waals surface area (Å²) in [6, 6.07) is -1.17. The third-order valence-electron chi connectivity index (χ3n) is 2.64. The Hall–Kier alpha value is -1.31. The lowest BCUT2D eigenvalue weighted by Gasteiger charge is -2.27. The van der Waals surface area contributed by atoms with Crippen LogP contribution in [0.4, 0.5) is 13.2 Å². The van der Waals surface area contributed by atoms with Crippen LogP contribution in [0.15, 0.2) is 0 Å². The molecule has 1 N–H and O–H groups in total. The van der Waals surface area contributed by atoms with Gasteiger partial charge in [-0.2, -0.15) is 0 Å². The van der Waals surface area contributed by atoms with Crippen molar-refractivity contribution in [3.63, 3.8) is 0 Å². The van der Waals surface area contributed by atoms with E-state index in [1.807, 2.05) is 0 Å². The summed E-state index contributed by atoms with van der Waals surface area (Å²) in [6.07, 6.45) is -4.64. The molecular formula is C10H15F3N2O3. The molecule has 0 radical (unpaired) electrons. The van der Waals surface area contributed by atoms with Gasteiger partial charge in [-0.15, -0.1) is 13.2 Å². The van der Waals surface area contributed by atoms with Crippen LogP contribution in [0.2, 0.25) is 0 Å². The van der Waals surface area contributed by atoms with Gasteiger partial charge in [0.15, 0.2) is 0 Å². The van der Waals surface area contributed by atoms with Crippen molar-refractivity contribution in [1.82, 2.24) is 10.2 Å².